The Morgan fingerprint density at radius 1 is 1.10 bits per heavy atom. The highest BCUT2D eigenvalue weighted by atomic mass is 16.6. The number of carbonyl (C=O) groups excluding carboxylic acids is 1. The van der Waals surface area contributed by atoms with Crippen molar-refractivity contribution in [3.8, 4) is 5.75 Å². The lowest BCUT2D eigenvalue weighted by atomic mass is 9.85. The molecule has 118 valence electrons. The van der Waals surface area contributed by atoms with E-state index in [0.29, 0.717) is 6.61 Å². The highest BCUT2D eigenvalue weighted by molar-refractivity contribution is 5.70. The van der Waals surface area contributed by atoms with Gasteiger partial charge in [-0.2, -0.15) is 0 Å². The summed E-state index contributed by atoms with van der Waals surface area (Å²) in [6.07, 6.45) is 0.259. The molecule has 3 heteroatoms. The second kappa shape index (κ2) is 6.50. The largest absolute Gasteiger partial charge is 0.493 e. The van der Waals surface area contributed by atoms with E-state index in [9.17, 15) is 4.79 Å². The molecule has 1 aromatic carbocycles. The van der Waals surface area contributed by atoms with Crippen LogP contribution in [0, 0.1) is 6.92 Å². The molecular weight excluding hydrogens is 264 g/mol. The fourth-order valence-electron chi connectivity index (χ4n) is 1.99. The summed E-state index contributed by atoms with van der Waals surface area (Å²) in [5, 5.41) is 0. The molecule has 0 radical (unpaired) electrons. The van der Waals surface area contributed by atoms with Gasteiger partial charge in [0.25, 0.3) is 0 Å². The molecule has 0 saturated carbocycles. The molecule has 0 aliphatic carbocycles. The fourth-order valence-corrected chi connectivity index (χ4v) is 1.99. The van der Waals surface area contributed by atoms with Crippen molar-refractivity contribution in [1.82, 2.24) is 0 Å². The molecule has 3 nitrogen and oxygen atoms in total. The van der Waals surface area contributed by atoms with E-state index < -0.39 is 5.60 Å². The Balaban J connectivity index is 2.66. The smallest absolute Gasteiger partial charge is 0.309 e. The average Bonchev–Trinajstić information content (AvgIpc) is 2.27. The van der Waals surface area contributed by atoms with Crippen molar-refractivity contribution < 1.29 is 14.3 Å². The van der Waals surface area contributed by atoms with E-state index in [1.54, 1.807) is 0 Å². The van der Waals surface area contributed by atoms with Gasteiger partial charge in [0, 0.05) is 0 Å². The Kier molecular flexibility index (Phi) is 5.43. The fraction of sp³-hybridized carbons (Fsp3) is 0.611. The summed E-state index contributed by atoms with van der Waals surface area (Å²) in [6.45, 7) is 14.5. The van der Waals surface area contributed by atoms with Gasteiger partial charge in [0.15, 0.2) is 0 Å². The van der Waals surface area contributed by atoms with Gasteiger partial charge in [-0.1, -0.05) is 38.5 Å². The number of aryl methyl sites for hydroxylation is 1. The van der Waals surface area contributed by atoms with Crippen molar-refractivity contribution >= 4 is 5.97 Å². The molecule has 0 fully saturated rings. The maximum Gasteiger partial charge on any atom is 0.309 e. The van der Waals surface area contributed by atoms with E-state index in [1.807, 2.05) is 32.9 Å². The van der Waals surface area contributed by atoms with E-state index in [4.69, 9.17) is 9.47 Å². The highest BCUT2D eigenvalue weighted by Crippen LogP contribution is 2.32. The lowest BCUT2D eigenvalue weighted by Crippen LogP contribution is -2.25. The van der Waals surface area contributed by atoms with Crippen LogP contribution >= 0.6 is 0 Å². The average molecular weight is 292 g/mol. The summed E-state index contributed by atoms with van der Waals surface area (Å²) >= 11 is 0. The summed E-state index contributed by atoms with van der Waals surface area (Å²) in [5.41, 5.74) is 1.93. The van der Waals surface area contributed by atoms with Gasteiger partial charge in [-0.3, -0.25) is 4.79 Å². The molecule has 0 heterocycles. The third-order valence-corrected chi connectivity index (χ3v) is 2.93. The maximum atomic E-state index is 11.7. The van der Waals surface area contributed by atoms with E-state index >= 15 is 0 Å². The SMILES string of the molecule is Cc1ccc(OCCC(=O)OC(C)(C)C)c(C(C)(C)C)c1. The Morgan fingerprint density at radius 2 is 1.71 bits per heavy atom. The minimum Gasteiger partial charge on any atom is -0.493 e. The number of hydrogen-bond donors (Lipinski definition) is 0. The van der Waals surface area contributed by atoms with E-state index in [2.05, 4.69) is 33.8 Å². The first-order chi connectivity index (χ1) is 9.49. The molecule has 1 aromatic rings. The van der Waals surface area contributed by atoms with E-state index in [0.717, 1.165) is 11.3 Å². The summed E-state index contributed by atoms with van der Waals surface area (Å²) in [4.78, 5) is 11.7. The molecule has 0 spiro atoms. The van der Waals surface area contributed by atoms with E-state index in [1.165, 1.54) is 5.56 Å². The number of ether oxygens (including phenoxy) is 2. The molecule has 0 bridgehead atoms. The summed E-state index contributed by atoms with van der Waals surface area (Å²) in [5.74, 6) is 0.614. The molecule has 1 rings (SSSR count). The molecule has 0 N–H and O–H groups in total. The van der Waals surface area contributed by atoms with Crippen LogP contribution in [0.15, 0.2) is 18.2 Å². The molecule has 0 aromatic heterocycles. The second-order valence-electron chi connectivity index (χ2n) is 7.43. The highest BCUT2D eigenvalue weighted by Gasteiger charge is 2.20. The van der Waals surface area contributed by atoms with Crippen LogP contribution in [-0.4, -0.2) is 18.2 Å². The van der Waals surface area contributed by atoms with Gasteiger partial charge < -0.3 is 9.47 Å². The zero-order chi connectivity index (χ0) is 16.3. The third-order valence-electron chi connectivity index (χ3n) is 2.93. The van der Waals surface area contributed by atoms with Gasteiger partial charge in [-0.15, -0.1) is 0 Å². The zero-order valence-corrected chi connectivity index (χ0v) is 14.4. The van der Waals surface area contributed by atoms with Crippen LogP contribution in [-0.2, 0) is 14.9 Å². The second-order valence-corrected chi connectivity index (χ2v) is 7.43. The number of hydrogen-bond acceptors (Lipinski definition) is 3. The van der Waals surface area contributed by atoms with Crippen molar-refractivity contribution in [3.63, 3.8) is 0 Å². The molecule has 0 atom stereocenters. The zero-order valence-electron chi connectivity index (χ0n) is 14.4. The monoisotopic (exact) mass is 292 g/mol. The molecular formula is C18H28O3. The minimum atomic E-state index is -0.447. The van der Waals surface area contributed by atoms with Crippen LogP contribution in [0.1, 0.15) is 59.1 Å². The first-order valence-corrected chi connectivity index (χ1v) is 7.45. The number of carbonyl (C=O) groups is 1. The van der Waals surface area contributed by atoms with Crippen LogP contribution in [0.25, 0.3) is 0 Å². The van der Waals surface area contributed by atoms with Crippen LogP contribution in [0.2, 0.25) is 0 Å². The standard InChI is InChI=1S/C18H28O3/c1-13-8-9-15(14(12-13)17(2,3)4)20-11-10-16(19)21-18(5,6)7/h8-9,12H,10-11H2,1-7H3. The summed E-state index contributed by atoms with van der Waals surface area (Å²) in [7, 11) is 0. The van der Waals surface area contributed by atoms with Crippen LogP contribution in [0.3, 0.4) is 0 Å². The van der Waals surface area contributed by atoms with Crippen LogP contribution in [0.5, 0.6) is 5.75 Å². The lowest BCUT2D eigenvalue weighted by Gasteiger charge is -2.23. The van der Waals surface area contributed by atoms with Crippen LogP contribution in [0.4, 0.5) is 0 Å². The Morgan fingerprint density at radius 3 is 2.24 bits per heavy atom. The van der Waals surface area contributed by atoms with Gasteiger partial charge >= 0.3 is 5.97 Å². The van der Waals surface area contributed by atoms with Crippen molar-refractivity contribution in [3.05, 3.63) is 29.3 Å². The van der Waals surface area contributed by atoms with Gasteiger partial charge in [0.1, 0.15) is 11.4 Å². The molecule has 21 heavy (non-hydrogen) atoms. The molecule has 0 saturated heterocycles. The topological polar surface area (TPSA) is 35.5 Å². The van der Waals surface area contributed by atoms with Crippen molar-refractivity contribution in [2.75, 3.05) is 6.61 Å². The Hall–Kier alpha value is -1.51. The van der Waals surface area contributed by atoms with Gasteiger partial charge in [-0.25, -0.2) is 0 Å². The maximum absolute atomic E-state index is 11.7. The Labute approximate surface area is 128 Å². The number of benzene rings is 1. The molecule has 0 aliphatic rings. The predicted molar refractivity (Wildman–Crippen MR) is 85.8 cm³/mol. The normalized spacial score (nSPS) is 12.1. The molecule has 0 amide bonds. The molecule has 0 aliphatic heterocycles. The van der Waals surface area contributed by atoms with Crippen LogP contribution < -0.4 is 4.74 Å². The quantitative estimate of drug-likeness (QED) is 0.771. The summed E-state index contributed by atoms with van der Waals surface area (Å²) < 4.78 is 11.1. The third kappa shape index (κ3) is 6.19. The van der Waals surface area contributed by atoms with E-state index in [-0.39, 0.29) is 17.8 Å². The van der Waals surface area contributed by atoms with Crippen molar-refractivity contribution in [2.45, 2.75) is 65.9 Å². The Bertz CT molecular complexity index is 490. The molecule has 0 unspecified atom stereocenters. The van der Waals surface area contributed by atoms with Crippen molar-refractivity contribution in [2.24, 2.45) is 0 Å². The van der Waals surface area contributed by atoms with Gasteiger partial charge in [-0.05, 0) is 44.7 Å². The number of esters is 1. The number of rotatable bonds is 4. The predicted octanol–water partition coefficient (Wildman–Crippen LogP) is 4.40. The van der Waals surface area contributed by atoms with Gasteiger partial charge in [0.2, 0.25) is 0 Å². The first kappa shape index (κ1) is 17.5. The first-order valence-electron chi connectivity index (χ1n) is 7.45. The lowest BCUT2D eigenvalue weighted by molar-refractivity contribution is -0.155. The van der Waals surface area contributed by atoms with Crippen molar-refractivity contribution in [1.29, 1.82) is 0 Å². The minimum absolute atomic E-state index is 0.00721. The summed E-state index contributed by atoms with van der Waals surface area (Å²) in [6, 6.07) is 6.14. The van der Waals surface area contributed by atoms with Gasteiger partial charge in [0.05, 0.1) is 13.0 Å².